The molecule has 0 saturated carbocycles. The van der Waals surface area contributed by atoms with Crippen molar-refractivity contribution in [2.24, 2.45) is 0 Å². The summed E-state index contributed by atoms with van der Waals surface area (Å²) in [6, 6.07) is 7.36. The second kappa shape index (κ2) is 6.49. The zero-order valence-electron chi connectivity index (χ0n) is 11.6. The zero-order valence-corrected chi connectivity index (χ0v) is 12.4. The number of rotatable bonds is 5. The van der Waals surface area contributed by atoms with Crippen molar-refractivity contribution < 1.29 is 9.66 Å². The quantitative estimate of drug-likeness (QED) is 0.466. The lowest BCUT2D eigenvalue weighted by molar-refractivity contribution is -0.386. The first-order chi connectivity index (χ1) is 10.0. The van der Waals surface area contributed by atoms with Crippen LogP contribution in [0, 0.1) is 10.1 Å². The average molecular weight is 308 g/mol. The van der Waals surface area contributed by atoms with Gasteiger partial charge in [0.15, 0.2) is 0 Å². The van der Waals surface area contributed by atoms with Gasteiger partial charge in [-0.25, -0.2) is 4.98 Å². The van der Waals surface area contributed by atoms with E-state index in [1.165, 1.54) is 5.56 Å². The van der Waals surface area contributed by atoms with Gasteiger partial charge in [-0.15, -0.1) is 0 Å². The summed E-state index contributed by atoms with van der Waals surface area (Å²) in [7, 11) is 0. The van der Waals surface area contributed by atoms with E-state index in [0.29, 0.717) is 11.7 Å². The van der Waals surface area contributed by atoms with Gasteiger partial charge in [0.25, 0.3) is 0 Å². The van der Waals surface area contributed by atoms with Crippen molar-refractivity contribution in [3.8, 4) is 11.6 Å². The Bertz CT molecular complexity index is 646. The molecule has 21 heavy (non-hydrogen) atoms. The van der Waals surface area contributed by atoms with E-state index >= 15 is 0 Å². The van der Waals surface area contributed by atoms with Crippen LogP contribution >= 0.6 is 11.6 Å². The van der Waals surface area contributed by atoms with Crippen LogP contribution in [0.25, 0.3) is 0 Å². The van der Waals surface area contributed by atoms with E-state index in [2.05, 4.69) is 23.8 Å². The van der Waals surface area contributed by atoms with Crippen LogP contribution in [-0.4, -0.2) is 14.9 Å². The second-order valence-corrected chi connectivity index (χ2v) is 4.90. The van der Waals surface area contributed by atoms with Crippen molar-refractivity contribution in [1.82, 2.24) is 9.97 Å². The van der Waals surface area contributed by atoms with Gasteiger partial charge >= 0.3 is 11.6 Å². The molecule has 0 aliphatic carbocycles. The number of ether oxygens (including phenoxy) is 1. The molecule has 0 amide bonds. The van der Waals surface area contributed by atoms with Gasteiger partial charge in [0, 0.05) is 0 Å². The average Bonchev–Trinajstić information content (AvgIpc) is 2.47. The topological polar surface area (TPSA) is 78.2 Å². The summed E-state index contributed by atoms with van der Waals surface area (Å²) >= 11 is 5.65. The minimum absolute atomic E-state index is 0.105. The largest absolute Gasteiger partial charge is 0.434 e. The third-order valence-electron chi connectivity index (χ3n) is 3.18. The summed E-state index contributed by atoms with van der Waals surface area (Å²) in [6.45, 7) is 4.24. The summed E-state index contributed by atoms with van der Waals surface area (Å²) in [6.07, 6.45) is 2.06. The summed E-state index contributed by atoms with van der Waals surface area (Å²) < 4.78 is 5.44. The molecule has 1 heterocycles. The fraction of sp³-hybridized carbons (Fsp3) is 0.286. The van der Waals surface area contributed by atoms with Crippen LogP contribution in [-0.2, 0) is 0 Å². The molecule has 0 radical (unpaired) electrons. The molecule has 1 unspecified atom stereocenters. The van der Waals surface area contributed by atoms with Crippen LogP contribution < -0.4 is 4.74 Å². The molecule has 0 aliphatic heterocycles. The molecule has 0 saturated heterocycles. The van der Waals surface area contributed by atoms with E-state index in [1.807, 2.05) is 12.1 Å². The van der Waals surface area contributed by atoms with E-state index in [4.69, 9.17) is 16.3 Å². The van der Waals surface area contributed by atoms with Gasteiger partial charge in [0.1, 0.15) is 11.9 Å². The number of nitrogens with zero attached hydrogens (tertiary/aromatic N) is 3. The highest BCUT2D eigenvalue weighted by molar-refractivity contribution is 6.28. The maximum absolute atomic E-state index is 10.9. The number of aromatic nitrogens is 2. The normalized spacial score (nSPS) is 12.0. The predicted octanol–water partition coefficient (Wildman–Crippen LogP) is 4.34. The van der Waals surface area contributed by atoms with E-state index in [0.717, 1.165) is 12.6 Å². The minimum atomic E-state index is -0.612. The molecule has 0 fully saturated rings. The monoisotopic (exact) mass is 307 g/mol. The third-order valence-corrected chi connectivity index (χ3v) is 3.36. The minimum Gasteiger partial charge on any atom is -0.434 e. The third kappa shape index (κ3) is 3.66. The van der Waals surface area contributed by atoms with E-state index < -0.39 is 4.92 Å². The summed E-state index contributed by atoms with van der Waals surface area (Å²) in [5.41, 5.74) is 0.852. The van der Waals surface area contributed by atoms with Crippen LogP contribution in [0.15, 0.2) is 30.5 Å². The molecule has 0 N–H and O–H groups in total. The Morgan fingerprint density at radius 1 is 1.38 bits per heavy atom. The van der Waals surface area contributed by atoms with Gasteiger partial charge in [-0.3, -0.25) is 10.1 Å². The van der Waals surface area contributed by atoms with Crippen molar-refractivity contribution in [3.05, 3.63) is 51.4 Å². The molecule has 0 bridgehead atoms. The molecular weight excluding hydrogens is 294 g/mol. The molecule has 1 aromatic heterocycles. The van der Waals surface area contributed by atoms with E-state index in [-0.39, 0.29) is 16.9 Å². The van der Waals surface area contributed by atoms with Gasteiger partial charge in [-0.1, -0.05) is 26.0 Å². The lowest BCUT2D eigenvalue weighted by atomic mass is 9.99. The van der Waals surface area contributed by atoms with Crippen LogP contribution in [0.3, 0.4) is 0 Å². The fourth-order valence-electron chi connectivity index (χ4n) is 1.75. The molecule has 0 aliphatic rings. The lowest BCUT2D eigenvalue weighted by Gasteiger charge is -2.10. The number of benzene rings is 1. The Morgan fingerprint density at radius 2 is 2.05 bits per heavy atom. The maximum Gasteiger partial charge on any atom is 0.349 e. The molecule has 1 aromatic carbocycles. The van der Waals surface area contributed by atoms with Crippen LogP contribution in [0.2, 0.25) is 5.28 Å². The number of nitro groups is 1. The first-order valence-electron chi connectivity index (χ1n) is 6.46. The lowest BCUT2D eigenvalue weighted by Crippen LogP contribution is -1.98. The molecule has 6 nitrogen and oxygen atoms in total. The van der Waals surface area contributed by atoms with Gasteiger partial charge in [0.2, 0.25) is 5.28 Å². The van der Waals surface area contributed by atoms with Gasteiger partial charge in [-0.05, 0) is 41.6 Å². The molecule has 0 spiro atoms. The molecule has 2 rings (SSSR count). The molecule has 1 atom stereocenters. The Morgan fingerprint density at radius 3 is 2.62 bits per heavy atom. The van der Waals surface area contributed by atoms with Crippen molar-refractivity contribution in [2.75, 3.05) is 0 Å². The van der Waals surface area contributed by atoms with Crippen molar-refractivity contribution in [3.63, 3.8) is 0 Å². The number of hydrogen-bond acceptors (Lipinski definition) is 5. The first-order valence-corrected chi connectivity index (χ1v) is 6.83. The summed E-state index contributed by atoms with van der Waals surface area (Å²) in [5, 5.41) is 10.8. The first kappa shape index (κ1) is 15.2. The van der Waals surface area contributed by atoms with Gasteiger partial charge in [-0.2, -0.15) is 4.98 Å². The van der Waals surface area contributed by atoms with Crippen LogP contribution in [0.1, 0.15) is 31.7 Å². The Hall–Kier alpha value is -2.21. The standard InChI is InChI=1S/C14H14ClN3O3/c1-3-9(2)10-4-6-11(7-5-10)21-13-12(18(19)20)8-16-14(15)17-13/h4-9H,3H2,1-2H3. The summed E-state index contributed by atoms with van der Waals surface area (Å²) in [4.78, 5) is 17.6. The fourth-order valence-corrected chi connectivity index (χ4v) is 1.88. The number of halogens is 1. The van der Waals surface area contributed by atoms with Crippen molar-refractivity contribution >= 4 is 17.3 Å². The highest BCUT2D eigenvalue weighted by atomic mass is 35.5. The van der Waals surface area contributed by atoms with E-state index in [9.17, 15) is 10.1 Å². The predicted molar refractivity (Wildman–Crippen MR) is 78.9 cm³/mol. The van der Waals surface area contributed by atoms with Crippen LogP contribution in [0.5, 0.6) is 11.6 Å². The maximum atomic E-state index is 10.9. The SMILES string of the molecule is CCC(C)c1ccc(Oc2nc(Cl)ncc2[N+](=O)[O-])cc1. The van der Waals surface area contributed by atoms with Crippen molar-refractivity contribution in [1.29, 1.82) is 0 Å². The Labute approximate surface area is 126 Å². The van der Waals surface area contributed by atoms with Crippen molar-refractivity contribution in [2.45, 2.75) is 26.2 Å². The summed E-state index contributed by atoms with van der Waals surface area (Å²) in [5.74, 6) is 0.734. The smallest absolute Gasteiger partial charge is 0.349 e. The number of hydrogen-bond donors (Lipinski definition) is 0. The molecule has 110 valence electrons. The Kier molecular flexibility index (Phi) is 4.70. The molecular formula is C14H14ClN3O3. The highest BCUT2D eigenvalue weighted by Gasteiger charge is 2.19. The van der Waals surface area contributed by atoms with Crippen LogP contribution in [0.4, 0.5) is 5.69 Å². The second-order valence-electron chi connectivity index (χ2n) is 4.57. The van der Waals surface area contributed by atoms with Gasteiger partial charge < -0.3 is 4.74 Å². The van der Waals surface area contributed by atoms with E-state index in [1.54, 1.807) is 12.1 Å². The molecule has 7 heteroatoms. The molecule has 2 aromatic rings. The zero-order chi connectivity index (χ0) is 15.4. The Balaban J connectivity index is 2.26. The van der Waals surface area contributed by atoms with Gasteiger partial charge in [0.05, 0.1) is 4.92 Å². The highest BCUT2D eigenvalue weighted by Crippen LogP contribution is 2.30.